The van der Waals surface area contributed by atoms with Crippen LogP contribution in [0.4, 0.5) is 0 Å². The van der Waals surface area contributed by atoms with Crippen molar-refractivity contribution in [1.82, 2.24) is 14.7 Å². The Morgan fingerprint density at radius 3 is 2.22 bits per heavy atom. The molecule has 3 heterocycles. The van der Waals surface area contributed by atoms with E-state index in [1.165, 1.54) is 5.56 Å². The lowest BCUT2D eigenvalue weighted by Crippen LogP contribution is -2.51. The van der Waals surface area contributed by atoms with Crippen molar-refractivity contribution in [2.24, 2.45) is 0 Å². The van der Waals surface area contributed by atoms with Crippen molar-refractivity contribution in [3.8, 4) is 0 Å². The minimum absolute atomic E-state index is 0.153. The third kappa shape index (κ3) is 4.33. The highest BCUT2D eigenvalue weighted by atomic mass is 16.5. The monoisotopic (exact) mass is 371 g/mol. The van der Waals surface area contributed by atoms with Crippen LogP contribution in [-0.4, -0.2) is 78.5 Å². The number of likely N-dealkylation sites (tertiary alicyclic amines) is 1. The fraction of sp³-hybridized carbons (Fsp3) is 0.619. The fourth-order valence-electron chi connectivity index (χ4n) is 4.22. The summed E-state index contributed by atoms with van der Waals surface area (Å²) in [6.07, 6.45) is 3.88. The van der Waals surface area contributed by atoms with E-state index in [2.05, 4.69) is 17.0 Å². The minimum Gasteiger partial charge on any atom is -0.368 e. The summed E-state index contributed by atoms with van der Waals surface area (Å²) in [6.45, 7) is 6.64. The molecule has 0 aromatic heterocycles. The summed E-state index contributed by atoms with van der Waals surface area (Å²) in [7, 11) is 0. The molecule has 0 N–H and O–H groups in total. The average molecular weight is 371 g/mol. The van der Waals surface area contributed by atoms with Crippen molar-refractivity contribution < 1.29 is 14.3 Å². The van der Waals surface area contributed by atoms with Crippen LogP contribution in [-0.2, 0) is 16.1 Å². The topological polar surface area (TPSA) is 53.1 Å². The molecule has 2 amide bonds. The van der Waals surface area contributed by atoms with Crippen LogP contribution in [0.5, 0.6) is 0 Å². The van der Waals surface area contributed by atoms with E-state index < -0.39 is 0 Å². The van der Waals surface area contributed by atoms with Gasteiger partial charge in [-0.05, 0) is 43.4 Å². The van der Waals surface area contributed by atoms with Crippen LogP contribution in [0.3, 0.4) is 0 Å². The molecule has 3 fully saturated rings. The lowest BCUT2D eigenvalue weighted by Gasteiger charge is -2.35. The van der Waals surface area contributed by atoms with Gasteiger partial charge >= 0.3 is 0 Å². The molecule has 1 unspecified atom stereocenters. The van der Waals surface area contributed by atoms with Gasteiger partial charge in [0.25, 0.3) is 11.8 Å². The molecule has 3 aliphatic heterocycles. The highest BCUT2D eigenvalue weighted by Crippen LogP contribution is 2.18. The van der Waals surface area contributed by atoms with Gasteiger partial charge in [0.2, 0.25) is 0 Å². The van der Waals surface area contributed by atoms with Gasteiger partial charge in [0.15, 0.2) is 0 Å². The van der Waals surface area contributed by atoms with E-state index in [0.717, 1.165) is 77.1 Å². The predicted octanol–water partition coefficient (Wildman–Crippen LogP) is 1.75. The molecule has 3 saturated heterocycles. The molecule has 0 bridgehead atoms. The zero-order valence-electron chi connectivity index (χ0n) is 15.9. The summed E-state index contributed by atoms with van der Waals surface area (Å²) in [5, 5.41) is 0. The maximum Gasteiger partial charge on any atom is 0.253 e. The van der Waals surface area contributed by atoms with E-state index >= 15 is 0 Å². The van der Waals surface area contributed by atoms with Crippen molar-refractivity contribution in [3.05, 3.63) is 35.4 Å². The number of carbonyl (C=O) groups is 2. The van der Waals surface area contributed by atoms with Crippen LogP contribution >= 0.6 is 0 Å². The first-order valence-corrected chi connectivity index (χ1v) is 10.2. The number of hydrogen-bond donors (Lipinski definition) is 0. The van der Waals surface area contributed by atoms with Gasteiger partial charge in [-0.3, -0.25) is 14.5 Å². The molecule has 1 aromatic rings. The number of benzene rings is 1. The molecule has 6 heteroatoms. The van der Waals surface area contributed by atoms with Gasteiger partial charge < -0.3 is 14.5 Å². The van der Waals surface area contributed by atoms with Crippen LogP contribution in [0.25, 0.3) is 0 Å². The third-order valence-corrected chi connectivity index (χ3v) is 5.89. The number of piperazine rings is 1. The Morgan fingerprint density at radius 2 is 1.59 bits per heavy atom. The van der Waals surface area contributed by atoms with E-state index in [9.17, 15) is 9.59 Å². The molecular weight excluding hydrogens is 342 g/mol. The van der Waals surface area contributed by atoms with Crippen LogP contribution < -0.4 is 0 Å². The van der Waals surface area contributed by atoms with E-state index in [1.807, 2.05) is 21.9 Å². The second-order valence-corrected chi connectivity index (χ2v) is 7.80. The summed E-state index contributed by atoms with van der Waals surface area (Å²) in [5.74, 6) is 0.317. The van der Waals surface area contributed by atoms with Crippen molar-refractivity contribution in [1.29, 1.82) is 0 Å². The van der Waals surface area contributed by atoms with Crippen molar-refractivity contribution in [3.63, 3.8) is 0 Å². The lowest BCUT2D eigenvalue weighted by atomic mass is 10.1. The highest BCUT2D eigenvalue weighted by Gasteiger charge is 2.30. The molecule has 146 valence electrons. The Morgan fingerprint density at radius 1 is 0.889 bits per heavy atom. The van der Waals surface area contributed by atoms with Gasteiger partial charge in [0.05, 0.1) is 0 Å². The molecule has 4 rings (SSSR count). The molecular formula is C21H29N3O3. The number of ether oxygens (including phenoxy) is 1. The zero-order valence-corrected chi connectivity index (χ0v) is 15.9. The molecule has 0 spiro atoms. The Bertz CT molecular complexity index is 656. The SMILES string of the molecule is O=C(c1ccc(CN2CCN(C(=O)C3CCCO3)CC2)cc1)N1CCCC1. The van der Waals surface area contributed by atoms with Gasteiger partial charge in [-0.2, -0.15) is 0 Å². The Balaban J connectivity index is 1.26. The maximum absolute atomic E-state index is 12.4. The molecule has 0 aliphatic carbocycles. The van der Waals surface area contributed by atoms with Gasteiger partial charge in [0.1, 0.15) is 6.10 Å². The first-order chi connectivity index (χ1) is 13.2. The Labute approximate surface area is 161 Å². The normalized spacial score (nSPS) is 23.8. The van der Waals surface area contributed by atoms with Crippen LogP contribution in [0.2, 0.25) is 0 Å². The third-order valence-electron chi connectivity index (χ3n) is 5.89. The number of hydrogen-bond acceptors (Lipinski definition) is 4. The minimum atomic E-state index is -0.211. The molecule has 6 nitrogen and oxygen atoms in total. The van der Waals surface area contributed by atoms with Crippen molar-refractivity contribution in [2.75, 3.05) is 45.9 Å². The summed E-state index contributed by atoms with van der Waals surface area (Å²) in [6, 6.07) is 8.03. The predicted molar refractivity (Wildman–Crippen MR) is 102 cm³/mol. The zero-order chi connectivity index (χ0) is 18.6. The summed E-state index contributed by atoms with van der Waals surface area (Å²) in [4.78, 5) is 31.1. The fourth-order valence-corrected chi connectivity index (χ4v) is 4.22. The number of nitrogens with zero attached hydrogens (tertiary/aromatic N) is 3. The first kappa shape index (κ1) is 18.4. The van der Waals surface area contributed by atoms with E-state index in [-0.39, 0.29) is 17.9 Å². The molecule has 1 atom stereocenters. The number of carbonyl (C=O) groups excluding carboxylic acids is 2. The maximum atomic E-state index is 12.4. The second kappa shape index (κ2) is 8.40. The van der Waals surface area contributed by atoms with Gasteiger partial charge in [-0.25, -0.2) is 0 Å². The Hall–Kier alpha value is -1.92. The summed E-state index contributed by atoms with van der Waals surface area (Å²) in [5.41, 5.74) is 2.00. The lowest BCUT2D eigenvalue weighted by molar-refractivity contribution is -0.142. The second-order valence-electron chi connectivity index (χ2n) is 7.80. The van der Waals surface area contributed by atoms with Crippen LogP contribution in [0, 0.1) is 0 Å². The standard InChI is InChI=1S/C21H29N3O3/c25-20(23-9-1-2-10-23)18-7-5-17(6-8-18)16-22-11-13-24(14-12-22)21(26)19-4-3-15-27-19/h5-8,19H,1-4,9-16H2. The van der Waals surface area contributed by atoms with Crippen LogP contribution in [0.15, 0.2) is 24.3 Å². The van der Waals surface area contributed by atoms with E-state index in [1.54, 1.807) is 0 Å². The summed E-state index contributed by atoms with van der Waals surface area (Å²) >= 11 is 0. The van der Waals surface area contributed by atoms with Crippen molar-refractivity contribution in [2.45, 2.75) is 38.3 Å². The van der Waals surface area contributed by atoms with Gasteiger partial charge in [-0.15, -0.1) is 0 Å². The average Bonchev–Trinajstić information content (AvgIpc) is 3.42. The van der Waals surface area contributed by atoms with Gasteiger partial charge in [0, 0.05) is 58.0 Å². The smallest absolute Gasteiger partial charge is 0.253 e. The largest absolute Gasteiger partial charge is 0.368 e. The van der Waals surface area contributed by atoms with Crippen LogP contribution in [0.1, 0.15) is 41.6 Å². The molecule has 0 radical (unpaired) electrons. The molecule has 1 aromatic carbocycles. The molecule has 3 aliphatic rings. The van der Waals surface area contributed by atoms with Gasteiger partial charge in [-0.1, -0.05) is 12.1 Å². The highest BCUT2D eigenvalue weighted by molar-refractivity contribution is 5.94. The molecule has 0 saturated carbocycles. The van der Waals surface area contributed by atoms with E-state index in [0.29, 0.717) is 6.61 Å². The first-order valence-electron chi connectivity index (χ1n) is 10.2. The quantitative estimate of drug-likeness (QED) is 0.809. The summed E-state index contributed by atoms with van der Waals surface area (Å²) < 4.78 is 5.52. The van der Waals surface area contributed by atoms with Crippen molar-refractivity contribution >= 4 is 11.8 Å². The molecule has 27 heavy (non-hydrogen) atoms. The number of rotatable bonds is 4. The van der Waals surface area contributed by atoms with E-state index in [4.69, 9.17) is 4.74 Å². The Kier molecular flexibility index (Phi) is 5.74. The number of amides is 2.